The first-order valence-electron chi connectivity index (χ1n) is 3.99. The second kappa shape index (κ2) is 2.94. The number of hydrogen-bond donors (Lipinski definition) is 0. The lowest BCUT2D eigenvalue weighted by Gasteiger charge is -2.13. The molecule has 1 aromatic rings. The second-order valence-electron chi connectivity index (χ2n) is 3.75. The van der Waals surface area contributed by atoms with Gasteiger partial charge in [-0.2, -0.15) is 0 Å². The van der Waals surface area contributed by atoms with E-state index in [4.69, 9.17) is 0 Å². The summed E-state index contributed by atoms with van der Waals surface area (Å²) >= 11 is 1.77. The molecule has 1 heterocycles. The normalized spacial score (nSPS) is 12.0. The molecule has 0 aliphatic heterocycles. The summed E-state index contributed by atoms with van der Waals surface area (Å²) in [6.45, 7) is 8.74. The van der Waals surface area contributed by atoms with Gasteiger partial charge in [-0.25, -0.2) is 4.98 Å². The van der Waals surface area contributed by atoms with Crippen LogP contribution in [-0.2, 0) is 11.8 Å². The zero-order valence-electron chi connectivity index (χ0n) is 7.64. The van der Waals surface area contributed by atoms with Crippen LogP contribution in [0.4, 0.5) is 0 Å². The van der Waals surface area contributed by atoms with Crippen molar-refractivity contribution >= 4 is 11.3 Å². The van der Waals surface area contributed by atoms with E-state index in [1.54, 1.807) is 11.3 Å². The maximum Gasteiger partial charge on any atom is 0.0981 e. The van der Waals surface area contributed by atoms with E-state index in [2.05, 4.69) is 38.1 Å². The number of aromatic nitrogens is 1. The van der Waals surface area contributed by atoms with Gasteiger partial charge >= 0.3 is 0 Å². The SMILES string of the molecule is CCc1csc(C(C)(C)C)n1. The molecule has 0 saturated carbocycles. The highest BCUT2D eigenvalue weighted by Crippen LogP contribution is 2.25. The second-order valence-corrected chi connectivity index (χ2v) is 4.61. The van der Waals surface area contributed by atoms with Crippen molar-refractivity contribution < 1.29 is 0 Å². The highest BCUT2D eigenvalue weighted by molar-refractivity contribution is 7.09. The maximum atomic E-state index is 4.52. The van der Waals surface area contributed by atoms with E-state index in [0.717, 1.165) is 6.42 Å². The lowest BCUT2D eigenvalue weighted by atomic mass is 9.98. The minimum absolute atomic E-state index is 0.220. The van der Waals surface area contributed by atoms with Crippen molar-refractivity contribution in [2.45, 2.75) is 39.5 Å². The predicted molar refractivity (Wildman–Crippen MR) is 50.2 cm³/mol. The summed E-state index contributed by atoms with van der Waals surface area (Å²) in [5.74, 6) is 0. The fourth-order valence-corrected chi connectivity index (χ4v) is 1.80. The van der Waals surface area contributed by atoms with Gasteiger partial charge in [0.05, 0.1) is 10.7 Å². The molecule has 0 radical (unpaired) electrons. The summed E-state index contributed by atoms with van der Waals surface area (Å²) in [6, 6.07) is 0. The van der Waals surface area contributed by atoms with Crippen molar-refractivity contribution in [2.24, 2.45) is 0 Å². The van der Waals surface area contributed by atoms with Crippen molar-refractivity contribution in [1.82, 2.24) is 4.98 Å². The minimum Gasteiger partial charge on any atom is -0.246 e. The molecule has 2 heteroatoms. The van der Waals surface area contributed by atoms with Crippen LogP contribution in [0.25, 0.3) is 0 Å². The third-order valence-corrected chi connectivity index (χ3v) is 2.87. The topological polar surface area (TPSA) is 12.9 Å². The summed E-state index contributed by atoms with van der Waals surface area (Å²) < 4.78 is 0. The Morgan fingerprint density at radius 2 is 2.09 bits per heavy atom. The maximum absolute atomic E-state index is 4.52. The fraction of sp³-hybridized carbons (Fsp3) is 0.667. The summed E-state index contributed by atoms with van der Waals surface area (Å²) in [4.78, 5) is 4.52. The van der Waals surface area contributed by atoms with Crippen LogP contribution in [0.5, 0.6) is 0 Å². The lowest BCUT2D eigenvalue weighted by molar-refractivity contribution is 0.583. The molecule has 11 heavy (non-hydrogen) atoms. The van der Waals surface area contributed by atoms with Crippen molar-refractivity contribution in [3.05, 3.63) is 16.1 Å². The van der Waals surface area contributed by atoms with Gasteiger partial charge in [-0.1, -0.05) is 27.7 Å². The number of aryl methyl sites for hydroxylation is 1. The first-order chi connectivity index (χ1) is 5.04. The molecule has 1 rings (SSSR count). The third-order valence-electron chi connectivity index (χ3n) is 1.56. The van der Waals surface area contributed by atoms with E-state index in [1.165, 1.54) is 10.7 Å². The van der Waals surface area contributed by atoms with Crippen LogP contribution in [0.3, 0.4) is 0 Å². The Bertz CT molecular complexity index is 232. The van der Waals surface area contributed by atoms with Gasteiger partial charge in [0.1, 0.15) is 0 Å². The molecule has 1 aromatic heterocycles. The van der Waals surface area contributed by atoms with Crippen LogP contribution in [0.15, 0.2) is 5.38 Å². The fourth-order valence-electron chi connectivity index (χ4n) is 0.814. The Morgan fingerprint density at radius 3 is 2.36 bits per heavy atom. The molecule has 0 aliphatic carbocycles. The lowest BCUT2D eigenvalue weighted by Crippen LogP contribution is -2.10. The highest BCUT2D eigenvalue weighted by atomic mass is 32.1. The molecular weight excluding hydrogens is 154 g/mol. The number of thiazole rings is 1. The quantitative estimate of drug-likeness (QED) is 0.629. The minimum atomic E-state index is 0.220. The molecule has 1 nitrogen and oxygen atoms in total. The number of rotatable bonds is 1. The molecule has 0 aliphatic rings. The zero-order valence-corrected chi connectivity index (χ0v) is 8.46. The largest absolute Gasteiger partial charge is 0.246 e. The van der Waals surface area contributed by atoms with Gasteiger partial charge in [0.25, 0.3) is 0 Å². The summed E-state index contributed by atoms with van der Waals surface area (Å²) in [5, 5.41) is 3.40. The predicted octanol–water partition coefficient (Wildman–Crippen LogP) is 3.00. The number of hydrogen-bond acceptors (Lipinski definition) is 2. The Kier molecular flexibility index (Phi) is 2.33. The van der Waals surface area contributed by atoms with Crippen molar-refractivity contribution in [3.8, 4) is 0 Å². The molecule has 0 fully saturated rings. The Morgan fingerprint density at radius 1 is 1.45 bits per heavy atom. The smallest absolute Gasteiger partial charge is 0.0981 e. The van der Waals surface area contributed by atoms with Crippen LogP contribution in [-0.4, -0.2) is 4.98 Å². The standard InChI is InChI=1S/C9H15NS/c1-5-7-6-11-8(10-7)9(2,3)4/h6H,5H2,1-4H3. The van der Waals surface area contributed by atoms with Gasteiger partial charge in [0.2, 0.25) is 0 Å². The Hall–Kier alpha value is -0.370. The summed E-state index contributed by atoms with van der Waals surface area (Å²) in [5.41, 5.74) is 1.44. The average Bonchev–Trinajstić information content (AvgIpc) is 2.32. The molecule has 0 bridgehead atoms. The molecule has 0 aromatic carbocycles. The Balaban J connectivity index is 2.89. The van der Waals surface area contributed by atoms with Crippen LogP contribution in [0, 0.1) is 0 Å². The molecule has 0 saturated heterocycles. The van der Waals surface area contributed by atoms with E-state index in [1.807, 2.05) is 0 Å². The molecule has 0 atom stereocenters. The van der Waals surface area contributed by atoms with Crippen LogP contribution in [0.1, 0.15) is 38.4 Å². The van der Waals surface area contributed by atoms with Gasteiger partial charge in [-0.3, -0.25) is 0 Å². The molecule has 0 N–H and O–H groups in total. The zero-order chi connectivity index (χ0) is 8.48. The molecule has 0 spiro atoms. The average molecular weight is 169 g/mol. The van der Waals surface area contributed by atoms with Gasteiger partial charge < -0.3 is 0 Å². The van der Waals surface area contributed by atoms with E-state index < -0.39 is 0 Å². The molecule has 0 amide bonds. The van der Waals surface area contributed by atoms with Gasteiger partial charge in [0, 0.05) is 10.8 Å². The van der Waals surface area contributed by atoms with Crippen LogP contribution < -0.4 is 0 Å². The highest BCUT2D eigenvalue weighted by Gasteiger charge is 2.17. The van der Waals surface area contributed by atoms with Gasteiger partial charge in [-0.05, 0) is 6.42 Å². The van der Waals surface area contributed by atoms with Gasteiger partial charge in [-0.15, -0.1) is 11.3 Å². The van der Waals surface area contributed by atoms with Gasteiger partial charge in [0.15, 0.2) is 0 Å². The number of nitrogens with zero attached hydrogens (tertiary/aromatic N) is 1. The van der Waals surface area contributed by atoms with Crippen molar-refractivity contribution in [3.63, 3.8) is 0 Å². The first-order valence-corrected chi connectivity index (χ1v) is 4.87. The van der Waals surface area contributed by atoms with E-state index >= 15 is 0 Å². The summed E-state index contributed by atoms with van der Waals surface area (Å²) in [6.07, 6.45) is 1.05. The molecule has 62 valence electrons. The first kappa shape index (κ1) is 8.72. The Labute approximate surface area is 72.5 Å². The van der Waals surface area contributed by atoms with Crippen molar-refractivity contribution in [2.75, 3.05) is 0 Å². The third kappa shape index (κ3) is 2.03. The van der Waals surface area contributed by atoms with Crippen LogP contribution >= 0.6 is 11.3 Å². The van der Waals surface area contributed by atoms with E-state index in [9.17, 15) is 0 Å². The monoisotopic (exact) mass is 169 g/mol. The summed E-state index contributed by atoms with van der Waals surface area (Å²) in [7, 11) is 0. The van der Waals surface area contributed by atoms with E-state index in [-0.39, 0.29) is 5.41 Å². The van der Waals surface area contributed by atoms with E-state index in [0.29, 0.717) is 0 Å². The molecule has 0 unspecified atom stereocenters. The van der Waals surface area contributed by atoms with Crippen LogP contribution in [0.2, 0.25) is 0 Å². The van der Waals surface area contributed by atoms with Crippen molar-refractivity contribution in [1.29, 1.82) is 0 Å². The molecular formula is C9H15NS.